The largest absolute Gasteiger partial charge is 0.299 e. The molecule has 0 aromatic rings. The highest BCUT2D eigenvalue weighted by Crippen LogP contribution is 2.69. The number of carbonyl (C=O) groups excluding carboxylic acids is 1. The molecule has 4 rings (SSSR count). The highest BCUT2D eigenvalue weighted by atomic mass is 16.1. The van der Waals surface area contributed by atoms with Gasteiger partial charge in [0.25, 0.3) is 0 Å². The monoisotopic (exact) mass is 262 g/mol. The summed E-state index contributed by atoms with van der Waals surface area (Å²) in [6.07, 6.45) is 9.68. The first-order valence-corrected chi connectivity index (χ1v) is 8.28. The lowest BCUT2D eigenvalue weighted by atomic mass is 9.39. The van der Waals surface area contributed by atoms with Gasteiger partial charge < -0.3 is 0 Å². The van der Waals surface area contributed by atoms with Crippen LogP contribution in [0.15, 0.2) is 0 Å². The summed E-state index contributed by atoms with van der Waals surface area (Å²) in [5, 5.41) is 0. The summed E-state index contributed by atoms with van der Waals surface area (Å²) in [5.41, 5.74) is 1.03. The standard InChI is InChI=1S/C18H30O/c1-13(2)5-6-15(19)18-9-14-7-16(3,11-18)10-17(4,8-14)12-18/h13-14H,5-12H2,1-4H3. The molecule has 4 fully saturated rings. The van der Waals surface area contributed by atoms with Crippen LogP contribution in [0, 0.1) is 28.1 Å². The van der Waals surface area contributed by atoms with E-state index in [9.17, 15) is 4.79 Å². The van der Waals surface area contributed by atoms with Gasteiger partial charge in [-0.05, 0) is 67.6 Å². The number of carbonyl (C=O) groups is 1. The number of hydrogen-bond acceptors (Lipinski definition) is 1. The fraction of sp³-hybridized carbons (Fsp3) is 0.944. The average molecular weight is 262 g/mol. The van der Waals surface area contributed by atoms with E-state index >= 15 is 0 Å². The fourth-order valence-corrected chi connectivity index (χ4v) is 6.44. The summed E-state index contributed by atoms with van der Waals surface area (Å²) in [4.78, 5) is 12.9. The molecule has 0 spiro atoms. The van der Waals surface area contributed by atoms with Gasteiger partial charge in [0.15, 0.2) is 0 Å². The third-order valence-electron chi connectivity index (χ3n) is 6.17. The van der Waals surface area contributed by atoms with Crippen LogP contribution in [0.25, 0.3) is 0 Å². The lowest BCUT2D eigenvalue weighted by molar-refractivity contribution is -0.168. The van der Waals surface area contributed by atoms with Crippen LogP contribution in [0.1, 0.15) is 79.1 Å². The number of Topliss-reactive ketones (excluding diaryl/α,β-unsaturated/α-hetero) is 1. The molecule has 2 unspecified atom stereocenters. The molecule has 0 radical (unpaired) electrons. The fourth-order valence-electron chi connectivity index (χ4n) is 6.44. The Balaban J connectivity index is 1.82. The van der Waals surface area contributed by atoms with Crippen molar-refractivity contribution < 1.29 is 4.79 Å². The Morgan fingerprint density at radius 1 is 1.05 bits per heavy atom. The summed E-state index contributed by atoms with van der Waals surface area (Å²) >= 11 is 0. The third-order valence-corrected chi connectivity index (χ3v) is 6.17. The van der Waals surface area contributed by atoms with E-state index in [2.05, 4.69) is 27.7 Å². The van der Waals surface area contributed by atoms with Crippen molar-refractivity contribution >= 4 is 5.78 Å². The second-order valence-corrected chi connectivity index (χ2v) is 9.27. The van der Waals surface area contributed by atoms with E-state index in [0.29, 0.717) is 22.5 Å². The van der Waals surface area contributed by atoms with Gasteiger partial charge in [0.2, 0.25) is 0 Å². The van der Waals surface area contributed by atoms with E-state index in [-0.39, 0.29) is 5.41 Å². The van der Waals surface area contributed by atoms with Crippen molar-refractivity contribution in [2.45, 2.75) is 79.1 Å². The summed E-state index contributed by atoms with van der Waals surface area (Å²) < 4.78 is 0. The van der Waals surface area contributed by atoms with Crippen LogP contribution in [0.5, 0.6) is 0 Å². The van der Waals surface area contributed by atoms with E-state index in [1.54, 1.807) is 0 Å². The Morgan fingerprint density at radius 3 is 2.11 bits per heavy atom. The Kier molecular flexibility index (Phi) is 2.93. The van der Waals surface area contributed by atoms with Crippen molar-refractivity contribution in [1.82, 2.24) is 0 Å². The van der Waals surface area contributed by atoms with Crippen LogP contribution in [0.3, 0.4) is 0 Å². The molecule has 4 bridgehead atoms. The Bertz CT molecular complexity index is 376. The van der Waals surface area contributed by atoms with Crippen molar-refractivity contribution in [3.8, 4) is 0 Å². The third kappa shape index (κ3) is 2.28. The summed E-state index contributed by atoms with van der Waals surface area (Å²) in [6.45, 7) is 9.38. The molecule has 2 atom stereocenters. The molecule has 0 N–H and O–H groups in total. The summed E-state index contributed by atoms with van der Waals surface area (Å²) in [7, 11) is 0. The molecule has 4 aliphatic carbocycles. The molecule has 0 aromatic heterocycles. The predicted molar refractivity (Wildman–Crippen MR) is 78.9 cm³/mol. The van der Waals surface area contributed by atoms with Crippen molar-refractivity contribution in [2.24, 2.45) is 28.1 Å². The van der Waals surface area contributed by atoms with E-state index in [1.807, 2.05) is 0 Å². The molecule has 0 amide bonds. The Hall–Kier alpha value is -0.330. The van der Waals surface area contributed by atoms with Crippen molar-refractivity contribution in [3.63, 3.8) is 0 Å². The van der Waals surface area contributed by atoms with Gasteiger partial charge in [0.1, 0.15) is 5.78 Å². The van der Waals surface area contributed by atoms with E-state index < -0.39 is 0 Å². The maximum atomic E-state index is 12.9. The van der Waals surface area contributed by atoms with Gasteiger partial charge >= 0.3 is 0 Å². The molecular weight excluding hydrogens is 232 g/mol. The molecular formula is C18H30O. The number of hydrogen-bond donors (Lipinski definition) is 0. The predicted octanol–water partition coefficient (Wildman–Crippen LogP) is 4.99. The maximum absolute atomic E-state index is 12.9. The second-order valence-electron chi connectivity index (χ2n) is 9.27. The van der Waals surface area contributed by atoms with Gasteiger partial charge in [-0.1, -0.05) is 27.7 Å². The Morgan fingerprint density at radius 2 is 1.63 bits per heavy atom. The van der Waals surface area contributed by atoms with Crippen LogP contribution in [0.4, 0.5) is 0 Å². The zero-order valence-corrected chi connectivity index (χ0v) is 13.2. The van der Waals surface area contributed by atoms with Gasteiger partial charge in [-0.3, -0.25) is 4.79 Å². The zero-order valence-electron chi connectivity index (χ0n) is 13.2. The molecule has 1 heteroatoms. The van der Waals surface area contributed by atoms with Crippen LogP contribution in [-0.2, 0) is 4.79 Å². The molecule has 0 saturated heterocycles. The second kappa shape index (κ2) is 4.09. The molecule has 108 valence electrons. The van der Waals surface area contributed by atoms with Crippen LogP contribution in [-0.4, -0.2) is 5.78 Å². The minimum Gasteiger partial charge on any atom is -0.299 e. The Labute approximate surface area is 118 Å². The topological polar surface area (TPSA) is 17.1 Å². The molecule has 0 heterocycles. The highest BCUT2D eigenvalue weighted by molar-refractivity contribution is 5.85. The van der Waals surface area contributed by atoms with Gasteiger partial charge in [0.05, 0.1) is 0 Å². The number of rotatable bonds is 4. The first-order valence-electron chi connectivity index (χ1n) is 8.28. The molecule has 0 aliphatic heterocycles. The molecule has 19 heavy (non-hydrogen) atoms. The molecule has 4 aliphatic rings. The van der Waals surface area contributed by atoms with Crippen molar-refractivity contribution in [2.75, 3.05) is 0 Å². The van der Waals surface area contributed by atoms with Crippen LogP contribution in [0.2, 0.25) is 0 Å². The highest BCUT2D eigenvalue weighted by Gasteiger charge is 2.62. The lowest BCUT2D eigenvalue weighted by Crippen LogP contribution is -2.57. The van der Waals surface area contributed by atoms with Crippen LogP contribution < -0.4 is 0 Å². The first-order chi connectivity index (χ1) is 8.74. The maximum Gasteiger partial charge on any atom is 0.139 e. The van der Waals surface area contributed by atoms with Crippen molar-refractivity contribution in [3.05, 3.63) is 0 Å². The zero-order chi connectivity index (χ0) is 13.9. The van der Waals surface area contributed by atoms with Gasteiger partial charge in [0, 0.05) is 11.8 Å². The number of ketones is 1. The summed E-state index contributed by atoms with van der Waals surface area (Å²) in [6, 6.07) is 0. The average Bonchev–Trinajstić information content (AvgIpc) is 2.20. The van der Waals surface area contributed by atoms with E-state index in [1.165, 1.54) is 38.5 Å². The molecule has 4 saturated carbocycles. The van der Waals surface area contributed by atoms with Gasteiger partial charge in [-0.15, -0.1) is 0 Å². The minimum absolute atomic E-state index is 0.0812. The minimum atomic E-state index is 0.0812. The van der Waals surface area contributed by atoms with Crippen LogP contribution >= 0.6 is 0 Å². The smallest absolute Gasteiger partial charge is 0.139 e. The first kappa shape index (κ1) is 13.6. The normalized spacial score (nSPS) is 47.9. The summed E-state index contributed by atoms with van der Waals surface area (Å²) in [5.74, 6) is 2.11. The van der Waals surface area contributed by atoms with Gasteiger partial charge in [-0.2, -0.15) is 0 Å². The quantitative estimate of drug-likeness (QED) is 0.697. The molecule has 0 aromatic carbocycles. The lowest BCUT2D eigenvalue weighted by Gasteiger charge is -2.64. The van der Waals surface area contributed by atoms with Crippen molar-refractivity contribution in [1.29, 1.82) is 0 Å². The van der Waals surface area contributed by atoms with E-state index in [4.69, 9.17) is 0 Å². The van der Waals surface area contributed by atoms with E-state index in [0.717, 1.165) is 18.8 Å². The van der Waals surface area contributed by atoms with Gasteiger partial charge in [-0.25, -0.2) is 0 Å². The molecule has 1 nitrogen and oxygen atoms in total. The SMILES string of the molecule is CC(C)CCC(=O)C12CC3CC(C)(CC(C)(C3)C1)C2.